The lowest BCUT2D eigenvalue weighted by atomic mass is 10.1. The summed E-state index contributed by atoms with van der Waals surface area (Å²) in [5.74, 6) is 0. The highest BCUT2D eigenvalue weighted by atomic mass is 19.4. The molecule has 0 aliphatic rings. The van der Waals surface area contributed by atoms with Gasteiger partial charge in [0.25, 0.3) is 0 Å². The summed E-state index contributed by atoms with van der Waals surface area (Å²) in [7, 11) is 0. The first-order valence-corrected chi connectivity index (χ1v) is 7.59. The summed E-state index contributed by atoms with van der Waals surface area (Å²) < 4.78 is 41.9. The van der Waals surface area contributed by atoms with E-state index in [4.69, 9.17) is 0 Å². The molecule has 25 heavy (non-hydrogen) atoms. The van der Waals surface area contributed by atoms with E-state index in [1.807, 2.05) is 30.3 Å². The predicted octanol–water partition coefficient (Wildman–Crippen LogP) is 5.11. The molecule has 2 heterocycles. The van der Waals surface area contributed by atoms with Crippen molar-refractivity contribution in [2.45, 2.75) is 6.18 Å². The van der Waals surface area contributed by atoms with E-state index in [0.29, 0.717) is 16.6 Å². The van der Waals surface area contributed by atoms with Crippen LogP contribution in [0.5, 0.6) is 0 Å². The number of alkyl halides is 3. The summed E-state index contributed by atoms with van der Waals surface area (Å²) in [6.07, 6.45) is -1.60. The van der Waals surface area contributed by atoms with Crippen LogP contribution >= 0.6 is 0 Å². The SMILES string of the molecule is FC(F)(F)c1nc2ccccc2cc1-n1cnc(-c2ccccc2)c1. The van der Waals surface area contributed by atoms with Crippen molar-refractivity contribution in [3.8, 4) is 16.9 Å². The lowest BCUT2D eigenvalue weighted by Gasteiger charge is -2.13. The summed E-state index contributed by atoms with van der Waals surface area (Å²) in [4.78, 5) is 8.07. The summed E-state index contributed by atoms with van der Waals surface area (Å²) in [5, 5.41) is 0.639. The average Bonchev–Trinajstić information content (AvgIpc) is 3.10. The third-order valence-electron chi connectivity index (χ3n) is 3.90. The van der Waals surface area contributed by atoms with Crippen LogP contribution < -0.4 is 0 Å². The highest BCUT2D eigenvalue weighted by Gasteiger charge is 2.36. The molecule has 0 saturated heterocycles. The van der Waals surface area contributed by atoms with E-state index in [1.165, 1.54) is 17.0 Å². The molecule has 0 saturated carbocycles. The first-order chi connectivity index (χ1) is 12.0. The van der Waals surface area contributed by atoms with Crippen LogP contribution in [0, 0.1) is 0 Å². The molecule has 0 unspecified atom stereocenters. The number of halogens is 3. The molecule has 3 nitrogen and oxygen atoms in total. The second kappa shape index (κ2) is 5.73. The van der Waals surface area contributed by atoms with E-state index >= 15 is 0 Å². The standard InChI is InChI=1S/C19H12F3N3/c20-19(21,22)18-17(10-14-8-4-5-9-15(14)24-18)25-11-16(23-12-25)13-6-2-1-3-7-13/h1-12H. The fourth-order valence-electron chi connectivity index (χ4n) is 2.72. The molecule has 0 spiro atoms. The average molecular weight is 339 g/mol. The van der Waals surface area contributed by atoms with Gasteiger partial charge in [0.15, 0.2) is 5.69 Å². The smallest absolute Gasteiger partial charge is 0.303 e. The number of pyridine rings is 1. The Balaban J connectivity index is 1.90. The van der Waals surface area contributed by atoms with E-state index < -0.39 is 11.9 Å². The van der Waals surface area contributed by atoms with Gasteiger partial charge in [-0.05, 0) is 12.1 Å². The number of nitrogens with zero attached hydrogens (tertiary/aromatic N) is 3. The van der Waals surface area contributed by atoms with E-state index in [9.17, 15) is 13.2 Å². The van der Waals surface area contributed by atoms with Crippen molar-refractivity contribution in [3.05, 3.63) is 78.9 Å². The van der Waals surface area contributed by atoms with Gasteiger partial charge in [-0.1, -0.05) is 48.5 Å². The summed E-state index contributed by atoms with van der Waals surface area (Å²) >= 11 is 0. The number of para-hydroxylation sites is 1. The molecule has 0 atom stereocenters. The summed E-state index contributed by atoms with van der Waals surface area (Å²) in [6, 6.07) is 17.5. The van der Waals surface area contributed by atoms with Crippen molar-refractivity contribution >= 4 is 10.9 Å². The molecule has 0 fully saturated rings. The maximum Gasteiger partial charge on any atom is 0.435 e. The number of hydrogen-bond acceptors (Lipinski definition) is 2. The molecule has 2 aromatic heterocycles. The van der Waals surface area contributed by atoms with Crippen LogP contribution in [0.4, 0.5) is 13.2 Å². The van der Waals surface area contributed by atoms with Gasteiger partial charge in [0.1, 0.15) is 0 Å². The van der Waals surface area contributed by atoms with Gasteiger partial charge in [0.05, 0.1) is 23.2 Å². The Morgan fingerprint density at radius 3 is 2.36 bits per heavy atom. The monoisotopic (exact) mass is 339 g/mol. The third kappa shape index (κ3) is 2.87. The van der Waals surface area contributed by atoms with Crippen LogP contribution in [0.15, 0.2) is 73.2 Å². The summed E-state index contributed by atoms with van der Waals surface area (Å²) in [6.45, 7) is 0. The molecular weight excluding hydrogens is 327 g/mol. The predicted molar refractivity (Wildman–Crippen MR) is 89.3 cm³/mol. The number of hydrogen-bond donors (Lipinski definition) is 0. The second-order valence-electron chi connectivity index (χ2n) is 5.58. The Morgan fingerprint density at radius 2 is 1.60 bits per heavy atom. The highest BCUT2D eigenvalue weighted by molar-refractivity contribution is 5.81. The lowest BCUT2D eigenvalue weighted by molar-refractivity contribution is -0.140. The van der Waals surface area contributed by atoms with Gasteiger partial charge >= 0.3 is 6.18 Å². The number of aromatic nitrogens is 3. The topological polar surface area (TPSA) is 30.7 Å². The minimum absolute atomic E-state index is 0.0409. The van der Waals surface area contributed by atoms with Crippen LogP contribution in [-0.4, -0.2) is 14.5 Å². The van der Waals surface area contributed by atoms with Crippen LogP contribution in [-0.2, 0) is 6.18 Å². The lowest BCUT2D eigenvalue weighted by Crippen LogP contribution is -2.13. The Morgan fingerprint density at radius 1 is 0.880 bits per heavy atom. The Kier molecular flexibility index (Phi) is 3.53. The number of rotatable bonds is 2. The van der Waals surface area contributed by atoms with E-state index in [-0.39, 0.29) is 5.69 Å². The zero-order chi connectivity index (χ0) is 17.4. The van der Waals surface area contributed by atoms with Gasteiger partial charge < -0.3 is 4.57 Å². The number of fused-ring (bicyclic) bond motifs is 1. The molecule has 124 valence electrons. The van der Waals surface area contributed by atoms with E-state index in [2.05, 4.69) is 9.97 Å². The number of benzene rings is 2. The van der Waals surface area contributed by atoms with Gasteiger partial charge in [-0.2, -0.15) is 13.2 Å². The molecule has 0 amide bonds. The largest absolute Gasteiger partial charge is 0.435 e. The Bertz CT molecular complexity index is 1040. The number of imidazole rings is 1. The van der Waals surface area contributed by atoms with Crippen molar-refractivity contribution < 1.29 is 13.2 Å². The van der Waals surface area contributed by atoms with Gasteiger partial charge in [-0.25, -0.2) is 9.97 Å². The molecule has 0 aliphatic carbocycles. The summed E-state index contributed by atoms with van der Waals surface area (Å²) in [5.41, 5.74) is 0.775. The van der Waals surface area contributed by atoms with Gasteiger partial charge in [-0.15, -0.1) is 0 Å². The minimum Gasteiger partial charge on any atom is -0.303 e. The minimum atomic E-state index is -4.56. The maximum absolute atomic E-state index is 13.5. The molecular formula is C19H12F3N3. The van der Waals surface area contributed by atoms with E-state index in [0.717, 1.165) is 5.56 Å². The van der Waals surface area contributed by atoms with Crippen LogP contribution in [0.3, 0.4) is 0 Å². The van der Waals surface area contributed by atoms with Crippen molar-refractivity contribution in [2.24, 2.45) is 0 Å². The third-order valence-corrected chi connectivity index (χ3v) is 3.90. The quantitative estimate of drug-likeness (QED) is 0.508. The molecule has 0 aliphatic heterocycles. The van der Waals surface area contributed by atoms with Crippen LogP contribution in [0.1, 0.15) is 5.69 Å². The van der Waals surface area contributed by atoms with Crippen molar-refractivity contribution in [1.29, 1.82) is 0 Å². The Labute approximate surface area is 141 Å². The normalized spacial score (nSPS) is 11.8. The highest BCUT2D eigenvalue weighted by Crippen LogP contribution is 2.34. The van der Waals surface area contributed by atoms with Crippen molar-refractivity contribution in [1.82, 2.24) is 14.5 Å². The van der Waals surface area contributed by atoms with Gasteiger partial charge in [-0.3, -0.25) is 0 Å². The van der Waals surface area contributed by atoms with Gasteiger partial charge in [0.2, 0.25) is 0 Å². The van der Waals surface area contributed by atoms with Crippen molar-refractivity contribution in [2.75, 3.05) is 0 Å². The maximum atomic E-state index is 13.5. The molecule has 0 N–H and O–H groups in total. The first kappa shape index (κ1) is 15.4. The fraction of sp³-hybridized carbons (Fsp3) is 0.0526. The fourth-order valence-corrected chi connectivity index (χ4v) is 2.72. The second-order valence-corrected chi connectivity index (χ2v) is 5.58. The zero-order valence-electron chi connectivity index (χ0n) is 12.9. The van der Waals surface area contributed by atoms with E-state index in [1.54, 1.807) is 30.5 Å². The molecule has 0 radical (unpaired) electrons. The van der Waals surface area contributed by atoms with Crippen LogP contribution in [0.2, 0.25) is 0 Å². The molecule has 6 heteroatoms. The van der Waals surface area contributed by atoms with Gasteiger partial charge in [0, 0.05) is 17.1 Å². The molecule has 4 aromatic rings. The van der Waals surface area contributed by atoms with Crippen molar-refractivity contribution in [3.63, 3.8) is 0 Å². The molecule has 2 aromatic carbocycles. The van der Waals surface area contributed by atoms with Crippen LogP contribution in [0.25, 0.3) is 27.8 Å². The Hall–Kier alpha value is -3.15. The molecule has 4 rings (SSSR count). The first-order valence-electron chi connectivity index (χ1n) is 7.59. The zero-order valence-corrected chi connectivity index (χ0v) is 12.9. The molecule has 0 bridgehead atoms.